The zero-order chi connectivity index (χ0) is 12.7. The summed E-state index contributed by atoms with van der Waals surface area (Å²) in [5.74, 6) is -1.09. The molecule has 0 fully saturated rings. The summed E-state index contributed by atoms with van der Waals surface area (Å²) in [7, 11) is 0. The predicted octanol–water partition coefficient (Wildman–Crippen LogP) is 1.22. The number of aliphatic hydroxyl groups excluding tert-OH is 1. The maximum Gasteiger partial charge on any atom is 0.252 e. The van der Waals surface area contributed by atoms with E-state index in [-0.39, 0.29) is 37.0 Å². The largest absolute Gasteiger partial charge is 0.394 e. The van der Waals surface area contributed by atoms with E-state index in [2.05, 4.69) is 5.32 Å². The van der Waals surface area contributed by atoms with Gasteiger partial charge in [0, 0.05) is 6.54 Å². The fourth-order valence-corrected chi connectivity index (χ4v) is 1.39. The van der Waals surface area contributed by atoms with Gasteiger partial charge in [0.2, 0.25) is 0 Å². The maximum absolute atomic E-state index is 13.1. The van der Waals surface area contributed by atoms with E-state index in [9.17, 15) is 9.18 Å². The molecule has 0 bridgehead atoms. The number of rotatable bonds is 6. The van der Waals surface area contributed by atoms with Gasteiger partial charge in [-0.15, -0.1) is 0 Å². The number of aliphatic hydroxyl groups is 1. The quantitative estimate of drug-likeness (QED) is 0.757. The van der Waals surface area contributed by atoms with Crippen LogP contribution in [0.2, 0.25) is 5.02 Å². The van der Waals surface area contributed by atoms with Crippen LogP contribution < -0.4 is 5.32 Å². The number of amides is 1. The van der Waals surface area contributed by atoms with Gasteiger partial charge in [0.05, 0.1) is 30.4 Å². The Morgan fingerprint density at radius 2 is 2.24 bits per heavy atom. The van der Waals surface area contributed by atoms with Crippen LogP contribution in [0.15, 0.2) is 18.2 Å². The van der Waals surface area contributed by atoms with Crippen molar-refractivity contribution in [3.05, 3.63) is 34.6 Å². The summed E-state index contributed by atoms with van der Waals surface area (Å²) < 4.78 is 18.0. The predicted molar refractivity (Wildman–Crippen MR) is 61.6 cm³/mol. The van der Waals surface area contributed by atoms with E-state index in [1.807, 2.05) is 0 Å². The maximum atomic E-state index is 13.1. The number of hydrogen-bond donors (Lipinski definition) is 2. The highest BCUT2D eigenvalue weighted by atomic mass is 35.5. The first-order valence-corrected chi connectivity index (χ1v) is 5.45. The number of ether oxygens (including phenoxy) is 1. The van der Waals surface area contributed by atoms with Crippen LogP contribution in [-0.2, 0) is 4.74 Å². The molecule has 2 N–H and O–H groups in total. The molecule has 1 rings (SSSR count). The summed E-state index contributed by atoms with van der Waals surface area (Å²) in [5.41, 5.74) is 0.0915. The SMILES string of the molecule is O=C(NCCOCCO)c1cccc(F)c1Cl. The van der Waals surface area contributed by atoms with E-state index >= 15 is 0 Å². The number of benzene rings is 1. The van der Waals surface area contributed by atoms with Gasteiger partial charge >= 0.3 is 0 Å². The first-order chi connectivity index (χ1) is 8.16. The lowest BCUT2D eigenvalue weighted by atomic mass is 10.2. The smallest absolute Gasteiger partial charge is 0.252 e. The molecule has 0 saturated heterocycles. The van der Waals surface area contributed by atoms with E-state index in [0.717, 1.165) is 0 Å². The number of carbonyl (C=O) groups is 1. The highest BCUT2D eigenvalue weighted by Gasteiger charge is 2.12. The second-order valence-corrected chi connectivity index (χ2v) is 3.57. The van der Waals surface area contributed by atoms with Crippen LogP contribution >= 0.6 is 11.6 Å². The Hall–Kier alpha value is -1.17. The number of halogens is 2. The summed E-state index contributed by atoms with van der Waals surface area (Å²) in [4.78, 5) is 11.6. The topological polar surface area (TPSA) is 58.6 Å². The van der Waals surface area contributed by atoms with Crippen LogP contribution in [0.4, 0.5) is 4.39 Å². The van der Waals surface area contributed by atoms with E-state index in [1.165, 1.54) is 18.2 Å². The molecular formula is C11H13ClFNO3. The molecule has 0 aliphatic carbocycles. The molecule has 94 valence electrons. The third-order valence-corrected chi connectivity index (χ3v) is 2.35. The minimum absolute atomic E-state index is 0.0658. The van der Waals surface area contributed by atoms with E-state index in [4.69, 9.17) is 21.4 Å². The monoisotopic (exact) mass is 261 g/mol. The average molecular weight is 262 g/mol. The lowest BCUT2D eigenvalue weighted by Gasteiger charge is -2.07. The second kappa shape index (κ2) is 7.21. The van der Waals surface area contributed by atoms with Gasteiger partial charge in [-0.2, -0.15) is 0 Å². The van der Waals surface area contributed by atoms with Gasteiger partial charge in [0.25, 0.3) is 5.91 Å². The summed E-state index contributed by atoms with van der Waals surface area (Å²) in [6, 6.07) is 4.04. The van der Waals surface area contributed by atoms with Crippen LogP contribution in [0.25, 0.3) is 0 Å². The highest BCUT2D eigenvalue weighted by Crippen LogP contribution is 2.19. The second-order valence-electron chi connectivity index (χ2n) is 3.19. The normalized spacial score (nSPS) is 10.3. The molecule has 4 nitrogen and oxygen atoms in total. The van der Waals surface area contributed by atoms with Crippen molar-refractivity contribution < 1.29 is 19.0 Å². The number of carbonyl (C=O) groups excluding carboxylic acids is 1. The Kier molecular flexibility index (Phi) is 5.90. The molecule has 17 heavy (non-hydrogen) atoms. The molecule has 6 heteroatoms. The molecule has 1 aromatic rings. The van der Waals surface area contributed by atoms with Gasteiger partial charge in [-0.25, -0.2) is 4.39 Å². The van der Waals surface area contributed by atoms with Gasteiger partial charge in [-0.1, -0.05) is 17.7 Å². The van der Waals surface area contributed by atoms with E-state index in [0.29, 0.717) is 0 Å². The number of nitrogens with one attached hydrogen (secondary N) is 1. The Bertz CT molecular complexity index is 387. The standard InChI is InChI=1S/C11H13ClFNO3/c12-10-8(2-1-3-9(10)13)11(16)14-4-6-17-7-5-15/h1-3,15H,4-7H2,(H,14,16). The summed E-state index contributed by atoms with van der Waals surface area (Å²) in [5, 5.41) is 10.8. The molecule has 0 aliphatic rings. The van der Waals surface area contributed by atoms with Gasteiger partial charge < -0.3 is 15.2 Å². The Morgan fingerprint density at radius 1 is 1.47 bits per heavy atom. The van der Waals surface area contributed by atoms with Crippen LogP contribution in [-0.4, -0.2) is 37.4 Å². The van der Waals surface area contributed by atoms with Crippen molar-refractivity contribution in [2.45, 2.75) is 0 Å². The highest BCUT2D eigenvalue weighted by molar-refractivity contribution is 6.34. The van der Waals surface area contributed by atoms with Crippen molar-refractivity contribution in [1.29, 1.82) is 0 Å². The van der Waals surface area contributed by atoms with Crippen LogP contribution in [0.5, 0.6) is 0 Å². The minimum Gasteiger partial charge on any atom is -0.394 e. The van der Waals surface area contributed by atoms with Gasteiger partial charge in [-0.3, -0.25) is 4.79 Å². The fourth-order valence-electron chi connectivity index (χ4n) is 1.18. The van der Waals surface area contributed by atoms with Crippen molar-refractivity contribution in [1.82, 2.24) is 5.32 Å². The molecule has 1 aromatic carbocycles. The first kappa shape index (κ1) is 13.9. The Balaban J connectivity index is 2.44. The third-order valence-electron chi connectivity index (χ3n) is 1.96. The molecule has 0 spiro atoms. The minimum atomic E-state index is -0.629. The van der Waals surface area contributed by atoms with Gasteiger partial charge in [0.1, 0.15) is 5.82 Å². The third kappa shape index (κ3) is 4.30. The molecule has 0 aliphatic heterocycles. The molecule has 0 unspecified atom stereocenters. The zero-order valence-corrected chi connectivity index (χ0v) is 9.84. The average Bonchev–Trinajstić information content (AvgIpc) is 2.32. The Labute approximate surface area is 103 Å². The summed E-state index contributed by atoms with van der Waals surface area (Å²) in [6.45, 7) is 0.700. The van der Waals surface area contributed by atoms with Crippen LogP contribution in [0, 0.1) is 5.82 Å². The molecule has 0 saturated carbocycles. The summed E-state index contributed by atoms with van der Waals surface area (Å²) >= 11 is 5.65. The molecule has 0 heterocycles. The molecule has 1 amide bonds. The summed E-state index contributed by atoms with van der Waals surface area (Å²) in [6.07, 6.45) is 0. The van der Waals surface area contributed by atoms with Crippen LogP contribution in [0.3, 0.4) is 0 Å². The van der Waals surface area contributed by atoms with Crippen molar-refractivity contribution in [3.8, 4) is 0 Å². The molecule has 0 radical (unpaired) electrons. The number of hydrogen-bond acceptors (Lipinski definition) is 3. The van der Waals surface area contributed by atoms with Crippen molar-refractivity contribution in [2.24, 2.45) is 0 Å². The molecule has 0 atom stereocenters. The molecule has 0 aromatic heterocycles. The lowest BCUT2D eigenvalue weighted by Crippen LogP contribution is -2.27. The van der Waals surface area contributed by atoms with Crippen LogP contribution in [0.1, 0.15) is 10.4 Å². The zero-order valence-electron chi connectivity index (χ0n) is 9.08. The first-order valence-electron chi connectivity index (χ1n) is 5.07. The van der Waals surface area contributed by atoms with Gasteiger partial charge in [-0.05, 0) is 12.1 Å². The van der Waals surface area contributed by atoms with E-state index < -0.39 is 11.7 Å². The fraction of sp³-hybridized carbons (Fsp3) is 0.364. The van der Waals surface area contributed by atoms with Crippen molar-refractivity contribution >= 4 is 17.5 Å². The lowest BCUT2D eigenvalue weighted by molar-refractivity contribution is 0.0838. The van der Waals surface area contributed by atoms with Gasteiger partial charge in [0.15, 0.2) is 0 Å². The van der Waals surface area contributed by atoms with Crippen molar-refractivity contribution in [3.63, 3.8) is 0 Å². The molecular weight excluding hydrogens is 249 g/mol. The van der Waals surface area contributed by atoms with Crippen molar-refractivity contribution in [2.75, 3.05) is 26.4 Å². The van der Waals surface area contributed by atoms with E-state index in [1.54, 1.807) is 0 Å². The Morgan fingerprint density at radius 3 is 2.94 bits per heavy atom.